The molecule has 1 aliphatic carbocycles. The van der Waals surface area contributed by atoms with Crippen LogP contribution in [0.15, 0.2) is 0 Å². The second-order valence-corrected chi connectivity index (χ2v) is 6.72. The molecule has 0 aromatic rings. The molecule has 0 aromatic heterocycles. The van der Waals surface area contributed by atoms with Gasteiger partial charge in [-0.25, -0.2) is 0 Å². The van der Waals surface area contributed by atoms with E-state index in [1.165, 1.54) is 12.8 Å². The van der Waals surface area contributed by atoms with Crippen LogP contribution in [0.2, 0.25) is 0 Å². The molecule has 19 heavy (non-hydrogen) atoms. The highest BCUT2D eigenvalue weighted by Crippen LogP contribution is 2.44. The van der Waals surface area contributed by atoms with Gasteiger partial charge in [0.1, 0.15) is 6.04 Å². The first kappa shape index (κ1) is 13.4. The van der Waals surface area contributed by atoms with Gasteiger partial charge in [0.05, 0.1) is 12.2 Å². The van der Waals surface area contributed by atoms with Gasteiger partial charge >= 0.3 is 5.97 Å². The van der Waals surface area contributed by atoms with E-state index in [4.69, 9.17) is 4.74 Å². The number of carbonyl (C=O) groups is 1. The second-order valence-electron chi connectivity index (χ2n) is 6.72. The minimum Gasteiger partial charge on any atom is -0.480 e. The molecule has 0 bridgehead atoms. The molecule has 2 heterocycles. The average molecular weight is 267 g/mol. The molecule has 0 aromatic carbocycles. The Bertz CT molecular complexity index is 349. The van der Waals surface area contributed by atoms with Gasteiger partial charge in [-0.05, 0) is 51.4 Å². The van der Waals surface area contributed by atoms with Crippen LogP contribution in [0, 0.1) is 11.8 Å². The van der Waals surface area contributed by atoms with Gasteiger partial charge in [0.25, 0.3) is 0 Å². The zero-order valence-corrected chi connectivity index (χ0v) is 11.9. The van der Waals surface area contributed by atoms with Crippen molar-refractivity contribution in [1.82, 2.24) is 4.90 Å². The molecular weight excluding hydrogens is 242 g/mol. The summed E-state index contributed by atoms with van der Waals surface area (Å²) in [7, 11) is 0. The molecule has 4 nitrogen and oxygen atoms in total. The lowest BCUT2D eigenvalue weighted by atomic mass is 9.93. The number of fused-ring (bicyclic) bond motifs is 1. The number of ether oxygens (including phenoxy) is 1. The normalized spacial score (nSPS) is 47.3. The summed E-state index contributed by atoms with van der Waals surface area (Å²) in [6.07, 6.45) is 6.01. The van der Waals surface area contributed by atoms with Crippen LogP contribution in [-0.2, 0) is 9.53 Å². The third kappa shape index (κ3) is 2.40. The van der Waals surface area contributed by atoms with Gasteiger partial charge in [-0.3, -0.25) is 9.69 Å². The molecule has 0 spiro atoms. The van der Waals surface area contributed by atoms with Crippen LogP contribution in [0.3, 0.4) is 0 Å². The molecule has 2 saturated heterocycles. The Morgan fingerprint density at radius 3 is 2.53 bits per heavy atom. The van der Waals surface area contributed by atoms with Crippen molar-refractivity contribution in [3.63, 3.8) is 0 Å². The fourth-order valence-electron chi connectivity index (χ4n) is 4.68. The largest absolute Gasteiger partial charge is 0.480 e. The summed E-state index contributed by atoms with van der Waals surface area (Å²) in [5, 5.41) is 9.62. The van der Waals surface area contributed by atoms with Crippen molar-refractivity contribution in [2.75, 3.05) is 6.54 Å². The van der Waals surface area contributed by atoms with Gasteiger partial charge in [-0.15, -0.1) is 0 Å². The van der Waals surface area contributed by atoms with Crippen molar-refractivity contribution >= 4 is 5.97 Å². The number of nitrogens with zero attached hydrogens (tertiary/aromatic N) is 1. The van der Waals surface area contributed by atoms with E-state index in [1.807, 2.05) is 0 Å². The van der Waals surface area contributed by atoms with Gasteiger partial charge in [-0.1, -0.05) is 6.42 Å². The smallest absolute Gasteiger partial charge is 0.321 e. The van der Waals surface area contributed by atoms with Crippen LogP contribution in [0.5, 0.6) is 0 Å². The molecule has 0 amide bonds. The molecule has 0 radical (unpaired) electrons. The molecule has 1 saturated carbocycles. The summed E-state index contributed by atoms with van der Waals surface area (Å²) in [5.74, 6) is 0.404. The van der Waals surface area contributed by atoms with Crippen molar-refractivity contribution in [1.29, 1.82) is 0 Å². The second kappa shape index (κ2) is 5.06. The lowest BCUT2D eigenvalue weighted by Gasteiger charge is -2.39. The Hall–Kier alpha value is -0.610. The minimum atomic E-state index is -0.610. The summed E-state index contributed by atoms with van der Waals surface area (Å²) < 4.78 is 5.79. The number of hydrogen-bond donors (Lipinski definition) is 1. The standard InChI is InChI=1S/C15H25NO3/c1-9-6-12(7-10(2)19-9)16-8-11-4-3-5-13(11)14(16)15(17)18/h9-14H,3-8H2,1-2H3,(H,17,18). The zero-order valence-electron chi connectivity index (χ0n) is 11.9. The lowest BCUT2D eigenvalue weighted by Crippen LogP contribution is -2.50. The minimum absolute atomic E-state index is 0.241. The Labute approximate surface area is 115 Å². The van der Waals surface area contributed by atoms with Crippen LogP contribution in [-0.4, -0.2) is 46.8 Å². The average Bonchev–Trinajstić information content (AvgIpc) is 2.85. The van der Waals surface area contributed by atoms with Crippen molar-refractivity contribution in [3.05, 3.63) is 0 Å². The highest BCUT2D eigenvalue weighted by molar-refractivity contribution is 5.74. The van der Waals surface area contributed by atoms with E-state index in [1.54, 1.807) is 0 Å². The molecule has 5 unspecified atom stereocenters. The summed E-state index contributed by atoms with van der Waals surface area (Å²) in [6, 6.07) is 0.153. The van der Waals surface area contributed by atoms with Crippen LogP contribution in [0.1, 0.15) is 46.0 Å². The monoisotopic (exact) mass is 267 g/mol. The van der Waals surface area contributed by atoms with Crippen LogP contribution < -0.4 is 0 Å². The van der Waals surface area contributed by atoms with Gasteiger partial charge < -0.3 is 9.84 Å². The van der Waals surface area contributed by atoms with Crippen LogP contribution in [0.25, 0.3) is 0 Å². The maximum absolute atomic E-state index is 11.7. The first-order chi connectivity index (χ1) is 9.06. The lowest BCUT2D eigenvalue weighted by molar-refractivity contribution is -0.146. The number of rotatable bonds is 2. The van der Waals surface area contributed by atoms with Crippen molar-refractivity contribution < 1.29 is 14.6 Å². The van der Waals surface area contributed by atoms with Crippen LogP contribution >= 0.6 is 0 Å². The Morgan fingerprint density at radius 1 is 1.21 bits per heavy atom. The first-order valence-corrected chi connectivity index (χ1v) is 7.70. The number of hydrogen-bond acceptors (Lipinski definition) is 3. The maximum atomic E-state index is 11.7. The molecule has 3 fully saturated rings. The number of aliphatic carboxylic acids is 1. The quantitative estimate of drug-likeness (QED) is 0.832. The van der Waals surface area contributed by atoms with Gasteiger partial charge in [-0.2, -0.15) is 0 Å². The Morgan fingerprint density at radius 2 is 1.89 bits per heavy atom. The molecule has 108 valence electrons. The topological polar surface area (TPSA) is 49.8 Å². The highest BCUT2D eigenvalue weighted by Gasteiger charge is 2.50. The maximum Gasteiger partial charge on any atom is 0.321 e. The fraction of sp³-hybridized carbons (Fsp3) is 0.933. The first-order valence-electron chi connectivity index (χ1n) is 7.70. The van der Waals surface area contributed by atoms with Gasteiger partial charge in [0, 0.05) is 12.6 Å². The predicted molar refractivity (Wildman–Crippen MR) is 72.0 cm³/mol. The molecule has 3 aliphatic rings. The summed E-state index contributed by atoms with van der Waals surface area (Å²) in [4.78, 5) is 14.0. The number of likely N-dealkylation sites (tertiary alicyclic amines) is 1. The van der Waals surface area contributed by atoms with E-state index in [0.717, 1.165) is 25.8 Å². The van der Waals surface area contributed by atoms with Crippen LogP contribution in [0.4, 0.5) is 0 Å². The number of carboxylic acids is 1. The highest BCUT2D eigenvalue weighted by atomic mass is 16.5. The van der Waals surface area contributed by atoms with Crippen molar-refractivity contribution in [2.45, 2.75) is 70.2 Å². The summed E-state index contributed by atoms with van der Waals surface area (Å²) >= 11 is 0. The third-order valence-electron chi connectivity index (χ3n) is 5.32. The summed E-state index contributed by atoms with van der Waals surface area (Å²) in [6.45, 7) is 5.20. The van der Waals surface area contributed by atoms with E-state index in [9.17, 15) is 9.90 Å². The molecule has 3 rings (SSSR count). The predicted octanol–water partition coefficient (Wildman–Crippen LogP) is 2.13. The SMILES string of the molecule is CC1CC(N2CC3CCCC3C2C(=O)O)CC(C)O1. The zero-order chi connectivity index (χ0) is 13.6. The summed E-state index contributed by atoms with van der Waals surface area (Å²) in [5.41, 5.74) is 0. The van der Waals surface area contributed by atoms with E-state index in [0.29, 0.717) is 17.9 Å². The van der Waals surface area contributed by atoms with E-state index >= 15 is 0 Å². The Balaban J connectivity index is 1.77. The third-order valence-corrected chi connectivity index (χ3v) is 5.32. The van der Waals surface area contributed by atoms with E-state index in [2.05, 4.69) is 18.7 Å². The molecule has 5 atom stereocenters. The van der Waals surface area contributed by atoms with Gasteiger partial charge in [0.2, 0.25) is 0 Å². The Kier molecular flexibility index (Phi) is 3.56. The van der Waals surface area contributed by atoms with Crippen molar-refractivity contribution in [2.24, 2.45) is 11.8 Å². The number of carboxylic acid groups (broad SMARTS) is 1. The molecule has 2 aliphatic heterocycles. The molecule has 4 heteroatoms. The molecule has 1 N–H and O–H groups in total. The van der Waals surface area contributed by atoms with E-state index < -0.39 is 5.97 Å². The molecular formula is C15H25NO3. The fourth-order valence-corrected chi connectivity index (χ4v) is 4.68. The van der Waals surface area contributed by atoms with E-state index in [-0.39, 0.29) is 18.2 Å². The van der Waals surface area contributed by atoms with Gasteiger partial charge in [0.15, 0.2) is 0 Å². The van der Waals surface area contributed by atoms with Crippen molar-refractivity contribution in [3.8, 4) is 0 Å².